The molecule has 0 spiro atoms. The van der Waals surface area contributed by atoms with Crippen molar-refractivity contribution in [3.63, 3.8) is 0 Å². The smallest absolute Gasteiger partial charge is 0.324 e. The first kappa shape index (κ1) is 14.4. The zero-order chi connectivity index (χ0) is 13.2. The summed E-state index contributed by atoms with van der Waals surface area (Å²) in [6, 6.07) is 0.499. The number of nitrogens with zero attached hydrogens (tertiary/aromatic N) is 3. The Kier molecular flexibility index (Phi) is 6.78. The van der Waals surface area contributed by atoms with E-state index in [-0.39, 0.29) is 12.0 Å². The lowest BCUT2D eigenvalue weighted by Gasteiger charge is -2.08. The Morgan fingerprint density at radius 1 is 0.889 bits per heavy atom. The van der Waals surface area contributed by atoms with Gasteiger partial charge in [0.2, 0.25) is 5.95 Å². The molecule has 0 aliphatic rings. The average molecular weight is 256 g/mol. The van der Waals surface area contributed by atoms with Crippen molar-refractivity contribution in [2.75, 3.05) is 38.3 Å². The largest absolute Gasteiger partial charge is 0.464 e. The summed E-state index contributed by atoms with van der Waals surface area (Å²) in [5, 5.41) is 2.99. The van der Waals surface area contributed by atoms with Gasteiger partial charge in [-0.3, -0.25) is 0 Å². The Labute approximate surface area is 107 Å². The lowest BCUT2D eigenvalue weighted by Crippen LogP contribution is -2.12. The Bertz CT molecular complexity index is 325. The first-order valence-electron chi connectivity index (χ1n) is 6.13. The predicted molar refractivity (Wildman–Crippen MR) is 67.1 cm³/mol. The summed E-state index contributed by atoms with van der Waals surface area (Å²) in [6.07, 6.45) is 0. The lowest BCUT2D eigenvalue weighted by atomic mass is 10.7. The number of anilines is 1. The van der Waals surface area contributed by atoms with Crippen molar-refractivity contribution < 1.29 is 14.2 Å². The summed E-state index contributed by atoms with van der Waals surface area (Å²) < 4.78 is 15.8. The van der Waals surface area contributed by atoms with E-state index < -0.39 is 0 Å². The molecule has 1 heterocycles. The Morgan fingerprint density at radius 2 is 1.61 bits per heavy atom. The lowest BCUT2D eigenvalue weighted by molar-refractivity contribution is 0.106. The van der Waals surface area contributed by atoms with Crippen LogP contribution >= 0.6 is 0 Å². The van der Waals surface area contributed by atoms with Crippen LogP contribution in [0.2, 0.25) is 0 Å². The summed E-state index contributed by atoms with van der Waals surface area (Å²) in [5.41, 5.74) is 0. The van der Waals surface area contributed by atoms with Crippen molar-refractivity contribution in [3.05, 3.63) is 0 Å². The fraction of sp³-hybridized carbons (Fsp3) is 0.727. The van der Waals surface area contributed by atoms with Gasteiger partial charge in [-0.15, -0.1) is 4.98 Å². The van der Waals surface area contributed by atoms with E-state index >= 15 is 0 Å². The molecular weight excluding hydrogens is 236 g/mol. The normalized spacial score (nSPS) is 10.2. The van der Waals surface area contributed by atoms with Crippen LogP contribution in [0.1, 0.15) is 20.8 Å². The Balaban J connectivity index is 2.63. The highest BCUT2D eigenvalue weighted by Crippen LogP contribution is 2.12. The van der Waals surface area contributed by atoms with Gasteiger partial charge in [0.25, 0.3) is 0 Å². The second kappa shape index (κ2) is 8.46. The highest BCUT2D eigenvalue weighted by molar-refractivity contribution is 5.27. The number of aromatic nitrogens is 3. The molecule has 1 aromatic heterocycles. The zero-order valence-corrected chi connectivity index (χ0v) is 11.1. The van der Waals surface area contributed by atoms with Gasteiger partial charge in [0.15, 0.2) is 0 Å². The molecule has 102 valence electrons. The molecule has 1 rings (SSSR count). The predicted octanol–water partition coefficient (Wildman–Crippen LogP) is 1.12. The van der Waals surface area contributed by atoms with E-state index in [2.05, 4.69) is 20.3 Å². The highest BCUT2D eigenvalue weighted by atomic mass is 16.5. The van der Waals surface area contributed by atoms with Gasteiger partial charge in [-0.2, -0.15) is 9.97 Å². The van der Waals surface area contributed by atoms with Crippen LogP contribution in [0.5, 0.6) is 12.0 Å². The molecule has 0 aromatic carbocycles. The number of rotatable bonds is 9. The molecule has 18 heavy (non-hydrogen) atoms. The van der Waals surface area contributed by atoms with Gasteiger partial charge in [-0.25, -0.2) is 0 Å². The molecule has 1 aromatic rings. The second-order valence-electron chi connectivity index (χ2n) is 3.23. The number of ether oxygens (including phenoxy) is 3. The Hall–Kier alpha value is -1.63. The third kappa shape index (κ3) is 5.13. The van der Waals surface area contributed by atoms with Crippen LogP contribution in [-0.4, -0.2) is 47.9 Å². The standard InChI is InChI=1S/C11H20N4O3/c1-4-12-9-13-10(17-6-3)15-11(14-9)18-8-7-16-5-2/h4-8H2,1-3H3,(H,12,13,14,15). The van der Waals surface area contributed by atoms with Crippen molar-refractivity contribution in [2.45, 2.75) is 20.8 Å². The first-order chi connectivity index (χ1) is 8.80. The molecular formula is C11H20N4O3. The van der Waals surface area contributed by atoms with E-state index in [0.29, 0.717) is 38.9 Å². The molecule has 0 atom stereocenters. The highest BCUT2D eigenvalue weighted by Gasteiger charge is 2.07. The maximum Gasteiger partial charge on any atom is 0.324 e. The second-order valence-corrected chi connectivity index (χ2v) is 3.23. The molecule has 0 saturated heterocycles. The summed E-state index contributed by atoms with van der Waals surface area (Å²) in [5.74, 6) is 0.447. The Morgan fingerprint density at radius 3 is 2.22 bits per heavy atom. The zero-order valence-electron chi connectivity index (χ0n) is 11.1. The van der Waals surface area contributed by atoms with Crippen LogP contribution in [0, 0.1) is 0 Å². The topological polar surface area (TPSA) is 78.4 Å². The van der Waals surface area contributed by atoms with Crippen molar-refractivity contribution in [2.24, 2.45) is 0 Å². The molecule has 0 bridgehead atoms. The monoisotopic (exact) mass is 256 g/mol. The third-order valence-corrected chi connectivity index (χ3v) is 1.87. The number of hydrogen-bond donors (Lipinski definition) is 1. The van der Waals surface area contributed by atoms with Crippen molar-refractivity contribution >= 4 is 5.95 Å². The van der Waals surface area contributed by atoms with Gasteiger partial charge in [-0.05, 0) is 20.8 Å². The molecule has 7 nitrogen and oxygen atoms in total. The summed E-state index contributed by atoms with van der Waals surface area (Å²) in [7, 11) is 0. The molecule has 0 aliphatic carbocycles. The molecule has 0 fully saturated rings. The van der Waals surface area contributed by atoms with Gasteiger partial charge >= 0.3 is 12.0 Å². The molecule has 7 heteroatoms. The summed E-state index contributed by atoms with van der Waals surface area (Å²) in [4.78, 5) is 12.2. The minimum Gasteiger partial charge on any atom is -0.464 e. The molecule has 0 aliphatic heterocycles. The minimum atomic E-state index is 0.240. The molecule has 0 unspecified atom stereocenters. The van der Waals surface area contributed by atoms with Gasteiger partial charge in [0, 0.05) is 13.2 Å². The van der Waals surface area contributed by atoms with E-state index in [1.165, 1.54) is 0 Å². The molecule has 0 saturated carbocycles. The molecule has 1 N–H and O–H groups in total. The van der Waals surface area contributed by atoms with Crippen LogP contribution in [0.3, 0.4) is 0 Å². The van der Waals surface area contributed by atoms with E-state index in [0.717, 1.165) is 0 Å². The van der Waals surface area contributed by atoms with E-state index in [1.54, 1.807) is 0 Å². The van der Waals surface area contributed by atoms with Gasteiger partial charge < -0.3 is 19.5 Å². The van der Waals surface area contributed by atoms with E-state index in [9.17, 15) is 0 Å². The quantitative estimate of drug-likeness (QED) is 0.663. The van der Waals surface area contributed by atoms with Crippen molar-refractivity contribution in [1.29, 1.82) is 0 Å². The van der Waals surface area contributed by atoms with Crippen LogP contribution < -0.4 is 14.8 Å². The fourth-order valence-corrected chi connectivity index (χ4v) is 1.17. The number of nitrogens with one attached hydrogen (secondary N) is 1. The summed E-state index contributed by atoms with van der Waals surface area (Å²) >= 11 is 0. The summed E-state index contributed by atoms with van der Waals surface area (Å²) in [6.45, 7) is 8.53. The van der Waals surface area contributed by atoms with Gasteiger partial charge in [0.05, 0.1) is 13.2 Å². The molecule has 0 amide bonds. The van der Waals surface area contributed by atoms with Crippen LogP contribution in [0.15, 0.2) is 0 Å². The minimum absolute atomic E-state index is 0.240. The van der Waals surface area contributed by atoms with Gasteiger partial charge in [-0.1, -0.05) is 0 Å². The van der Waals surface area contributed by atoms with E-state index in [4.69, 9.17) is 14.2 Å². The van der Waals surface area contributed by atoms with Crippen LogP contribution in [0.4, 0.5) is 5.95 Å². The van der Waals surface area contributed by atoms with Crippen LogP contribution in [0.25, 0.3) is 0 Å². The van der Waals surface area contributed by atoms with E-state index in [1.807, 2.05) is 20.8 Å². The maximum atomic E-state index is 5.37. The fourth-order valence-electron chi connectivity index (χ4n) is 1.17. The first-order valence-corrected chi connectivity index (χ1v) is 6.13. The third-order valence-electron chi connectivity index (χ3n) is 1.87. The maximum absolute atomic E-state index is 5.37. The van der Waals surface area contributed by atoms with Gasteiger partial charge in [0.1, 0.15) is 6.61 Å². The van der Waals surface area contributed by atoms with Crippen molar-refractivity contribution in [3.8, 4) is 12.0 Å². The van der Waals surface area contributed by atoms with Crippen molar-refractivity contribution in [1.82, 2.24) is 15.0 Å². The SMILES string of the molecule is CCNc1nc(OCC)nc(OCCOCC)n1. The number of hydrogen-bond acceptors (Lipinski definition) is 7. The molecule has 0 radical (unpaired) electrons. The average Bonchev–Trinajstić information content (AvgIpc) is 2.35. The van der Waals surface area contributed by atoms with Crippen LogP contribution in [-0.2, 0) is 4.74 Å².